The molecule has 24 heavy (non-hydrogen) atoms. The lowest BCUT2D eigenvalue weighted by molar-refractivity contribution is 0.0934. The van der Waals surface area contributed by atoms with Crippen molar-refractivity contribution in [3.05, 3.63) is 53.5 Å². The zero-order chi connectivity index (χ0) is 17.3. The van der Waals surface area contributed by atoms with Gasteiger partial charge in [-0.15, -0.1) is 0 Å². The number of benzene rings is 1. The SMILES string of the molecule is Cc1ccc(S(=O)(=O)N2CCC[C@@H]2CC(=O)c2ccco2)c(C)c1. The van der Waals surface area contributed by atoms with E-state index in [1.165, 1.54) is 10.6 Å². The number of nitrogens with zero attached hydrogens (tertiary/aromatic N) is 1. The molecule has 0 amide bonds. The van der Waals surface area contributed by atoms with E-state index in [1.54, 1.807) is 31.2 Å². The molecule has 6 heteroatoms. The molecule has 0 bridgehead atoms. The molecule has 1 saturated heterocycles. The molecule has 1 aromatic carbocycles. The van der Waals surface area contributed by atoms with Gasteiger partial charge in [0.25, 0.3) is 0 Å². The first-order valence-electron chi connectivity index (χ1n) is 8.05. The fraction of sp³-hybridized carbons (Fsp3) is 0.389. The number of rotatable bonds is 5. The van der Waals surface area contributed by atoms with E-state index in [9.17, 15) is 13.2 Å². The number of sulfonamides is 1. The van der Waals surface area contributed by atoms with E-state index in [-0.39, 0.29) is 24.0 Å². The minimum atomic E-state index is -3.60. The van der Waals surface area contributed by atoms with E-state index in [0.29, 0.717) is 17.9 Å². The molecule has 128 valence electrons. The van der Waals surface area contributed by atoms with Crippen molar-refractivity contribution in [2.24, 2.45) is 0 Å². The van der Waals surface area contributed by atoms with Crippen LogP contribution in [-0.4, -0.2) is 31.1 Å². The van der Waals surface area contributed by atoms with Crippen molar-refractivity contribution in [2.45, 2.75) is 44.0 Å². The van der Waals surface area contributed by atoms with E-state index in [1.807, 2.05) is 13.0 Å². The van der Waals surface area contributed by atoms with Gasteiger partial charge < -0.3 is 4.42 Å². The summed E-state index contributed by atoms with van der Waals surface area (Å²) in [7, 11) is -3.60. The van der Waals surface area contributed by atoms with Crippen LogP contribution in [0.15, 0.2) is 45.9 Å². The van der Waals surface area contributed by atoms with Crippen LogP contribution in [-0.2, 0) is 10.0 Å². The van der Waals surface area contributed by atoms with Crippen LogP contribution in [0.1, 0.15) is 40.9 Å². The van der Waals surface area contributed by atoms with Gasteiger partial charge in [0.1, 0.15) is 0 Å². The second-order valence-electron chi connectivity index (χ2n) is 6.29. The van der Waals surface area contributed by atoms with Gasteiger partial charge in [-0.25, -0.2) is 8.42 Å². The molecule has 0 unspecified atom stereocenters. The second kappa shape index (κ2) is 6.53. The fourth-order valence-electron chi connectivity index (χ4n) is 3.30. The standard InChI is InChI=1S/C18H21NO4S/c1-13-7-8-18(14(2)11-13)24(21,22)19-9-3-5-15(19)12-16(20)17-6-4-10-23-17/h4,6-8,10-11,15H,3,5,9,12H2,1-2H3/t15-/m1/s1. The van der Waals surface area contributed by atoms with Crippen molar-refractivity contribution in [3.63, 3.8) is 0 Å². The molecule has 0 aliphatic carbocycles. The van der Waals surface area contributed by atoms with Crippen LogP contribution in [0, 0.1) is 13.8 Å². The normalized spacial score (nSPS) is 18.8. The highest BCUT2D eigenvalue weighted by Crippen LogP contribution is 2.30. The smallest absolute Gasteiger partial charge is 0.243 e. The van der Waals surface area contributed by atoms with Gasteiger partial charge in [0.2, 0.25) is 10.0 Å². The van der Waals surface area contributed by atoms with Gasteiger partial charge in [0.15, 0.2) is 11.5 Å². The maximum Gasteiger partial charge on any atom is 0.243 e. The zero-order valence-corrected chi connectivity index (χ0v) is 14.7. The van der Waals surface area contributed by atoms with Crippen LogP contribution >= 0.6 is 0 Å². The van der Waals surface area contributed by atoms with Crippen molar-refractivity contribution in [3.8, 4) is 0 Å². The first kappa shape index (κ1) is 16.9. The number of ketones is 1. The van der Waals surface area contributed by atoms with E-state index in [0.717, 1.165) is 17.5 Å². The maximum absolute atomic E-state index is 13.0. The van der Waals surface area contributed by atoms with Gasteiger partial charge >= 0.3 is 0 Å². The molecule has 0 radical (unpaired) electrons. The number of carbonyl (C=O) groups excluding carboxylic acids is 1. The third kappa shape index (κ3) is 3.16. The van der Waals surface area contributed by atoms with Crippen molar-refractivity contribution >= 4 is 15.8 Å². The van der Waals surface area contributed by atoms with E-state index < -0.39 is 10.0 Å². The Labute approximate surface area is 142 Å². The van der Waals surface area contributed by atoms with Gasteiger partial charge in [-0.05, 0) is 50.5 Å². The van der Waals surface area contributed by atoms with Crippen LogP contribution in [0.25, 0.3) is 0 Å². The number of carbonyl (C=O) groups is 1. The number of hydrogen-bond acceptors (Lipinski definition) is 4. The van der Waals surface area contributed by atoms with E-state index in [2.05, 4.69) is 0 Å². The molecular formula is C18H21NO4S. The Balaban J connectivity index is 1.85. The highest BCUT2D eigenvalue weighted by molar-refractivity contribution is 7.89. The highest BCUT2D eigenvalue weighted by atomic mass is 32.2. The molecule has 1 atom stereocenters. The summed E-state index contributed by atoms with van der Waals surface area (Å²) >= 11 is 0. The number of Topliss-reactive ketones (excluding diaryl/α,β-unsaturated/α-hetero) is 1. The molecule has 1 aromatic heterocycles. The van der Waals surface area contributed by atoms with E-state index >= 15 is 0 Å². The van der Waals surface area contributed by atoms with Crippen LogP contribution < -0.4 is 0 Å². The third-order valence-electron chi connectivity index (χ3n) is 4.46. The Morgan fingerprint density at radius 1 is 1.29 bits per heavy atom. The molecule has 2 aromatic rings. The molecule has 0 spiro atoms. The Morgan fingerprint density at radius 2 is 2.08 bits per heavy atom. The van der Waals surface area contributed by atoms with Crippen molar-refractivity contribution in [1.82, 2.24) is 4.31 Å². The number of hydrogen-bond donors (Lipinski definition) is 0. The van der Waals surface area contributed by atoms with Gasteiger partial charge in [-0.3, -0.25) is 4.79 Å². The third-order valence-corrected chi connectivity index (χ3v) is 6.57. The van der Waals surface area contributed by atoms with Crippen molar-refractivity contribution in [2.75, 3.05) is 6.54 Å². The summed E-state index contributed by atoms with van der Waals surface area (Å²) in [5.74, 6) is 0.124. The van der Waals surface area contributed by atoms with Gasteiger partial charge in [0, 0.05) is 19.0 Å². The molecule has 0 saturated carbocycles. The van der Waals surface area contributed by atoms with Crippen LogP contribution in [0.2, 0.25) is 0 Å². The summed E-state index contributed by atoms with van der Waals surface area (Å²) in [6, 6.07) is 8.29. The lowest BCUT2D eigenvalue weighted by Crippen LogP contribution is -2.37. The van der Waals surface area contributed by atoms with E-state index in [4.69, 9.17) is 4.42 Å². The topological polar surface area (TPSA) is 67.6 Å². The predicted octanol–water partition coefficient (Wildman–Crippen LogP) is 3.32. The Hall–Kier alpha value is -1.92. The monoisotopic (exact) mass is 347 g/mol. The summed E-state index contributed by atoms with van der Waals surface area (Å²) in [4.78, 5) is 12.6. The lowest BCUT2D eigenvalue weighted by Gasteiger charge is -2.24. The Bertz CT molecular complexity index is 840. The second-order valence-corrected chi connectivity index (χ2v) is 8.14. The molecule has 1 aliphatic rings. The summed E-state index contributed by atoms with van der Waals surface area (Å²) in [6.07, 6.45) is 3.06. The molecule has 0 N–H and O–H groups in total. The molecule has 5 nitrogen and oxygen atoms in total. The van der Waals surface area contributed by atoms with Crippen molar-refractivity contribution in [1.29, 1.82) is 0 Å². The molecule has 2 heterocycles. The van der Waals surface area contributed by atoms with Crippen LogP contribution in [0.3, 0.4) is 0 Å². The van der Waals surface area contributed by atoms with Gasteiger partial charge in [-0.1, -0.05) is 17.7 Å². The van der Waals surface area contributed by atoms with Crippen molar-refractivity contribution < 1.29 is 17.6 Å². The fourth-order valence-corrected chi connectivity index (χ4v) is 5.20. The van der Waals surface area contributed by atoms with Gasteiger partial charge in [0.05, 0.1) is 11.2 Å². The predicted molar refractivity (Wildman–Crippen MR) is 90.5 cm³/mol. The largest absolute Gasteiger partial charge is 0.461 e. The first-order chi connectivity index (χ1) is 11.4. The summed E-state index contributed by atoms with van der Waals surface area (Å²) in [6.45, 7) is 4.19. The number of aryl methyl sites for hydroxylation is 2. The molecule has 3 rings (SSSR count). The minimum absolute atomic E-state index is 0.150. The summed E-state index contributed by atoms with van der Waals surface area (Å²) in [5.41, 5.74) is 1.76. The minimum Gasteiger partial charge on any atom is -0.461 e. The maximum atomic E-state index is 13.0. The Morgan fingerprint density at radius 3 is 2.75 bits per heavy atom. The summed E-state index contributed by atoms with van der Waals surface area (Å²) < 4.78 is 32.7. The Kier molecular flexibility index (Phi) is 4.60. The van der Waals surface area contributed by atoms with Crippen LogP contribution in [0.5, 0.6) is 0 Å². The summed E-state index contributed by atoms with van der Waals surface area (Å²) in [5, 5.41) is 0. The quantitative estimate of drug-likeness (QED) is 0.778. The number of furan rings is 1. The van der Waals surface area contributed by atoms with Crippen LogP contribution in [0.4, 0.5) is 0 Å². The average molecular weight is 347 g/mol. The molecule has 1 aliphatic heterocycles. The molecular weight excluding hydrogens is 326 g/mol. The highest BCUT2D eigenvalue weighted by Gasteiger charge is 2.37. The lowest BCUT2D eigenvalue weighted by atomic mass is 10.1. The molecule has 1 fully saturated rings. The zero-order valence-electron chi connectivity index (χ0n) is 13.9. The first-order valence-corrected chi connectivity index (χ1v) is 9.49. The average Bonchev–Trinajstić information content (AvgIpc) is 3.18. The van der Waals surface area contributed by atoms with Gasteiger partial charge in [-0.2, -0.15) is 4.31 Å².